The van der Waals surface area contributed by atoms with Crippen molar-refractivity contribution in [3.8, 4) is 5.75 Å². The Morgan fingerprint density at radius 2 is 1.63 bits per heavy atom. The standard InChI is InChI=1S/C29H32Cl3N3O5S/c1-4-15-33-29(37)27(5-2)34(18-20-9-10-22(31)17-26(20)32)28(36)19-35(23-8-6-7-21(30)16-23)41(38,39)25-13-11-24(40-3)12-14-25/h6-14,16-17,27H,4-5,15,18-19H2,1-3H3,(H,33,37). The van der Waals surface area contributed by atoms with Crippen molar-refractivity contribution in [2.45, 2.75) is 44.2 Å². The Labute approximate surface area is 256 Å². The molecule has 12 heteroatoms. The van der Waals surface area contributed by atoms with Gasteiger partial charge in [0.2, 0.25) is 11.8 Å². The number of amides is 2. The van der Waals surface area contributed by atoms with Crippen molar-refractivity contribution in [3.63, 3.8) is 0 Å². The predicted molar refractivity (Wildman–Crippen MR) is 163 cm³/mol. The summed E-state index contributed by atoms with van der Waals surface area (Å²) in [6, 6.07) is 16.0. The van der Waals surface area contributed by atoms with Gasteiger partial charge in [0.1, 0.15) is 18.3 Å². The minimum Gasteiger partial charge on any atom is -0.497 e. The second kappa shape index (κ2) is 14.8. The first-order valence-electron chi connectivity index (χ1n) is 12.9. The first kappa shape index (κ1) is 32.5. The molecule has 3 aromatic rings. The summed E-state index contributed by atoms with van der Waals surface area (Å²) >= 11 is 18.7. The van der Waals surface area contributed by atoms with Gasteiger partial charge in [-0.2, -0.15) is 0 Å². The molecule has 0 aliphatic rings. The number of sulfonamides is 1. The predicted octanol–water partition coefficient (Wildman–Crippen LogP) is 6.18. The van der Waals surface area contributed by atoms with Gasteiger partial charge in [-0.3, -0.25) is 13.9 Å². The van der Waals surface area contributed by atoms with Gasteiger partial charge in [0.05, 0.1) is 17.7 Å². The lowest BCUT2D eigenvalue weighted by atomic mass is 10.1. The first-order chi connectivity index (χ1) is 19.5. The van der Waals surface area contributed by atoms with Crippen LogP contribution < -0.4 is 14.4 Å². The second-order valence-corrected chi connectivity index (χ2v) is 12.3. The zero-order valence-electron chi connectivity index (χ0n) is 22.9. The lowest BCUT2D eigenvalue weighted by molar-refractivity contribution is -0.140. The molecule has 0 aromatic heterocycles. The number of hydrogen-bond acceptors (Lipinski definition) is 5. The molecule has 3 rings (SSSR count). The molecule has 1 N–H and O–H groups in total. The van der Waals surface area contributed by atoms with E-state index in [0.717, 1.165) is 4.31 Å². The number of hydrogen-bond donors (Lipinski definition) is 1. The Hall–Kier alpha value is -2.98. The average Bonchev–Trinajstić information content (AvgIpc) is 2.95. The zero-order valence-corrected chi connectivity index (χ0v) is 26.0. The van der Waals surface area contributed by atoms with E-state index in [4.69, 9.17) is 39.5 Å². The van der Waals surface area contributed by atoms with Crippen LogP contribution in [0.2, 0.25) is 15.1 Å². The third-order valence-electron chi connectivity index (χ3n) is 6.31. The molecule has 3 aromatic carbocycles. The lowest BCUT2D eigenvalue weighted by Crippen LogP contribution is -2.52. The summed E-state index contributed by atoms with van der Waals surface area (Å²) in [5.74, 6) is -0.476. The summed E-state index contributed by atoms with van der Waals surface area (Å²) < 4.78 is 34.0. The third-order valence-corrected chi connectivity index (χ3v) is 8.92. The summed E-state index contributed by atoms with van der Waals surface area (Å²) in [6.45, 7) is 3.49. The molecule has 0 saturated carbocycles. The molecule has 0 saturated heterocycles. The number of nitrogens with one attached hydrogen (secondary N) is 1. The Bertz CT molecular complexity index is 1470. The SMILES string of the molecule is CCCNC(=O)C(CC)N(Cc1ccc(Cl)cc1Cl)C(=O)CN(c1cccc(Cl)c1)S(=O)(=O)c1ccc(OC)cc1. The maximum absolute atomic E-state index is 14.1. The van der Waals surface area contributed by atoms with Crippen LogP contribution in [0.15, 0.2) is 71.6 Å². The molecule has 1 unspecified atom stereocenters. The van der Waals surface area contributed by atoms with Crippen LogP contribution in [-0.4, -0.2) is 51.4 Å². The Morgan fingerprint density at radius 3 is 2.22 bits per heavy atom. The van der Waals surface area contributed by atoms with Crippen LogP contribution in [0.25, 0.3) is 0 Å². The number of rotatable bonds is 13. The van der Waals surface area contributed by atoms with Gasteiger partial charge in [-0.25, -0.2) is 8.42 Å². The molecule has 220 valence electrons. The van der Waals surface area contributed by atoms with Gasteiger partial charge in [0, 0.05) is 28.2 Å². The van der Waals surface area contributed by atoms with Gasteiger partial charge in [-0.1, -0.05) is 60.8 Å². The molecule has 1 atom stereocenters. The lowest BCUT2D eigenvalue weighted by Gasteiger charge is -2.33. The van der Waals surface area contributed by atoms with Gasteiger partial charge < -0.3 is 15.0 Å². The Kier molecular flexibility index (Phi) is 11.7. The summed E-state index contributed by atoms with van der Waals surface area (Å²) in [5, 5.41) is 3.87. The second-order valence-electron chi connectivity index (χ2n) is 9.14. The molecule has 0 spiro atoms. The average molecular weight is 641 g/mol. The van der Waals surface area contributed by atoms with Gasteiger partial charge in [0.25, 0.3) is 10.0 Å². The number of carbonyl (C=O) groups is 2. The highest BCUT2D eigenvalue weighted by molar-refractivity contribution is 7.92. The molecule has 0 radical (unpaired) electrons. The molecule has 0 bridgehead atoms. The van der Waals surface area contributed by atoms with E-state index in [0.29, 0.717) is 39.3 Å². The van der Waals surface area contributed by atoms with Gasteiger partial charge >= 0.3 is 0 Å². The van der Waals surface area contributed by atoms with Crippen LogP contribution in [0.5, 0.6) is 5.75 Å². The zero-order chi connectivity index (χ0) is 30.2. The molecular formula is C29H32Cl3N3O5S. The van der Waals surface area contributed by atoms with E-state index in [2.05, 4.69) is 5.32 Å². The van der Waals surface area contributed by atoms with E-state index >= 15 is 0 Å². The summed E-state index contributed by atoms with van der Waals surface area (Å²) in [4.78, 5) is 28.5. The fraction of sp³-hybridized carbons (Fsp3) is 0.310. The molecular weight excluding hydrogens is 609 g/mol. The molecule has 0 aliphatic carbocycles. The maximum Gasteiger partial charge on any atom is 0.264 e. The van der Waals surface area contributed by atoms with E-state index in [1.54, 1.807) is 43.3 Å². The highest BCUT2D eigenvalue weighted by atomic mass is 35.5. The molecule has 2 amide bonds. The van der Waals surface area contributed by atoms with Crippen LogP contribution in [-0.2, 0) is 26.2 Å². The van der Waals surface area contributed by atoms with Gasteiger partial charge in [-0.15, -0.1) is 0 Å². The minimum atomic E-state index is -4.25. The summed E-state index contributed by atoms with van der Waals surface area (Å²) in [6.07, 6.45) is 0.997. The smallest absolute Gasteiger partial charge is 0.264 e. The fourth-order valence-electron chi connectivity index (χ4n) is 4.15. The van der Waals surface area contributed by atoms with Crippen molar-refractivity contribution in [2.75, 3.05) is 24.5 Å². The van der Waals surface area contributed by atoms with Crippen molar-refractivity contribution in [1.29, 1.82) is 0 Å². The van der Waals surface area contributed by atoms with Crippen molar-refractivity contribution in [3.05, 3.63) is 87.4 Å². The first-order valence-corrected chi connectivity index (χ1v) is 15.5. The van der Waals surface area contributed by atoms with Crippen molar-refractivity contribution < 1.29 is 22.7 Å². The van der Waals surface area contributed by atoms with Crippen LogP contribution in [0.3, 0.4) is 0 Å². The molecule has 8 nitrogen and oxygen atoms in total. The van der Waals surface area contributed by atoms with E-state index in [1.165, 1.54) is 42.3 Å². The molecule has 0 fully saturated rings. The summed E-state index contributed by atoms with van der Waals surface area (Å²) in [5.41, 5.74) is 0.744. The van der Waals surface area contributed by atoms with Crippen LogP contribution in [0, 0.1) is 0 Å². The van der Waals surface area contributed by atoms with E-state index < -0.39 is 28.5 Å². The number of carbonyl (C=O) groups excluding carboxylic acids is 2. The summed E-state index contributed by atoms with van der Waals surface area (Å²) in [7, 11) is -2.78. The number of ether oxygens (including phenoxy) is 1. The van der Waals surface area contributed by atoms with Crippen LogP contribution in [0.4, 0.5) is 5.69 Å². The highest BCUT2D eigenvalue weighted by Gasteiger charge is 2.34. The fourth-order valence-corrected chi connectivity index (χ4v) is 6.21. The van der Waals surface area contributed by atoms with Crippen LogP contribution >= 0.6 is 34.8 Å². The minimum absolute atomic E-state index is 0.0428. The maximum atomic E-state index is 14.1. The number of nitrogens with zero attached hydrogens (tertiary/aromatic N) is 2. The van der Waals surface area contributed by atoms with E-state index in [1.807, 2.05) is 6.92 Å². The van der Waals surface area contributed by atoms with E-state index in [9.17, 15) is 18.0 Å². The van der Waals surface area contributed by atoms with E-state index in [-0.39, 0.29) is 29.5 Å². The van der Waals surface area contributed by atoms with Crippen LogP contribution in [0.1, 0.15) is 32.3 Å². The largest absolute Gasteiger partial charge is 0.497 e. The number of benzene rings is 3. The third kappa shape index (κ3) is 8.29. The number of halogens is 3. The Balaban J connectivity index is 2.07. The quantitative estimate of drug-likeness (QED) is 0.241. The number of anilines is 1. The normalized spacial score (nSPS) is 12.0. The van der Waals surface area contributed by atoms with Crippen molar-refractivity contribution in [2.24, 2.45) is 0 Å². The molecule has 41 heavy (non-hydrogen) atoms. The number of methoxy groups -OCH3 is 1. The monoisotopic (exact) mass is 639 g/mol. The van der Waals surface area contributed by atoms with Gasteiger partial charge in [0.15, 0.2) is 0 Å². The Morgan fingerprint density at radius 1 is 0.951 bits per heavy atom. The molecule has 0 aliphatic heterocycles. The van der Waals surface area contributed by atoms with Crippen molar-refractivity contribution in [1.82, 2.24) is 10.2 Å². The van der Waals surface area contributed by atoms with Crippen molar-refractivity contribution >= 4 is 62.3 Å². The highest BCUT2D eigenvalue weighted by Crippen LogP contribution is 2.29. The molecule has 0 heterocycles. The van der Waals surface area contributed by atoms with Gasteiger partial charge in [-0.05, 0) is 73.0 Å². The topological polar surface area (TPSA) is 96.0 Å².